The number of ether oxygens (including phenoxy) is 1. The average molecular weight is 242 g/mol. The molecule has 0 aliphatic rings. The van der Waals surface area contributed by atoms with Crippen molar-refractivity contribution in [1.29, 1.82) is 0 Å². The van der Waals surface area contributed by atoms with E-state index in [4.69, 9.17) is 4.74 Å². The molecule has 0 unspecified atom stereocenters. The van der Waals surface area contributed by atoms with Crippen molar-refractivity contribution in [2.75, 3.05) is 27.2 Å². The molecule has 1 N–H and O–H groups in total. The molecule has 0 aliphatic carbocycles. The van der Waals surface area contributed by atoms with Crippen LogP contribution in [0.5, 0.6) is 5.88 Å². The maximum absolute atomic E-state index is 11.6. The van der Waals surface area contributed by atoms with Crippen LogP contribution in [0, 0.1) is 6.92 Å². The molecule has 0 bridgehead atoms. The molecule has 0 saturated heterocycles. The van der Waals surface area contributed by atoms with Gasteiger partial charge in [-0.3, -0.25) is 9.69 Å². The Bertz CT molecular complexity index is 364. The minimum atomic E-state index is -0.162. The highest BCUT2D eigenvalue weighted by Crippen LogP contribution is 2.09. The van der Waals surface area contributed by atoms with Crippen molar-refractivity contribution in [2.45, 2.75) is 19.9 Å². The molecule has 1 amide bonds. The van der Waals surface area contributed by atoms with Crippen molar-refractivity contribution in [1.82, 2.24) is 20.5 Å². The van der Waals surface area contributed by atoms with Crippen molar-refractivity contribution >= 4 is 5.91 Å². The van der Waals surface area contributed by atoms with Gasteiger partial charge in [0, 0.05) is 0 Å². The number of carbonyl (C=O) groups is 1. The van der Waals surface area contributed by atoms with Gasteiger partial charge in [0.1, 0.15) is 12.3 Å². The predicted molar refractivity (Wildman–Crippen MR) is 60.7 cm³/mol. The number of aryl methyl sites for hydroxylation is 1. The monoisotopic (exact) mass is 242 g/mol. The molecular weight excluding hydrogens is 224 g/mol. The van der Waals surface area contributed by atoms with Crippen LogP contribution in [0.15, 0.2) is 4.63 Å². The SMILES string of the molecule is Cc1nonc1OCCNC(=O)[C@H](C)N(C)C. The zero-order chi connectivity index (χ0) is 12.8. The molecule has 1 aromatic heterocycles. The summed E-state index contributed by atoms with van der Waals surface area (Å²) in [6.07, 6.45) is 0. The Hall–Kier alpha value is -1.63. The van der Waals surface area contributed by atoms with Crippen molar-refractivity contribution in [3.63, 3.8) is 0 Å². The summed E-state index contributed by atoms with van der Waals surface area (Å²) in [6.45, 7) is 4.32. The third-order valence-electron chi connectivity index (χ3n) is 2.41. The fraction of sp³-hybridized carbons (Fsp3) is 0.700. The first-order valence-corrected chi connectivity index (χ1v) is 5.38. The van der Waals surface area contributed by atoms with Gasteiger partial charge in [-0.2, -0.15) is 0 Å². The Labute approximate surface area is 100 Å². The molecule has 0 aliphatic heterocycles. The predicted octanol–water partition coefficient (Wildman–Crippen LogP) is -0.177. The molecule has 1 aromatic rings. The fourth-order valence-corrected chi connectivity index (χ4v) is 1.06. The number of hydrogen-bond donors (Lipinski definition) is 1. The summed E-state index contributed by atoms with van der Waals surface area (Å²) in [7, 11) is 3.70. The van der Waals surface area contributed by atoms with E-state index in [9.17, 15) is 4.79 Å². The number of amides is 1. The number of hydrogen-bond acceptors (Lipinski definition) is 6. The van der Waals surface area contributed by atoms with Crippen LogP contribution in [0.4, 0.5) is 0 Å². The minimum absolute atomic E-state index is 0.0337. The Kier molecular flexibility index (Phi) is 4.89. The average Bonchev–Trinajstić information content (AvgIpc) is 2.69. The standard InChI is InChI=1S/C10H18N4O3/c1-7-10(13-17-12-7)16-6-5-11-9(15)8(2)14(3)4/h8H,5-6H2,1-4H3,(H,11,15)/t8-/m0/s1. The summed E-state index contributed by atoms with van der Waals surface area (Å²) < 4.78 is 9.75. The first-order valence-electron chi connectivity index (χ1n) is 5.38. The summed E-state index contributed by atoms with van der Waals surface area (Å²) in [6, 6.07) is -0.162. The van der Waals surface area contributed by atoms with Crippen LogP contribution in [-0.4, -0.2) is 54.4 Å². The quantitative estimate of drug-likeness (QED) is 0.697. The number of aromatic nitrogens is 2. The minimum Gasteiger partial charge on any atom is -0.472 e. The fourth-order valence-electron chi connectivity index (χ4n) is 1.06. The normalized spacial score (nSPS) is 12.5. The zero-order valence-corrected chi connectivity index (χ0v) is 10.6. The van der Waals surface area contributed by atoms with Gasteiger partial charge in [-0.1, -0.05) is 5.16 Å². The van der Waals surface area contributed by atoms with E-state index in [0.29, 0.717) is 24.7 Å². The number of nitrogens with one attached hydrogen (secondary N) is 1. The molecule has 0 spiro atoms. The molecule has 0 fully saturated rings. The van der Waals surface area contributed by atoms with Gasteiger partial charge >= 0.3 is 0 Å². The van der Waals surface area contributed by atoms with Crippen LogP contribution in [0.2, 0.25) is 0 Å². The lowest BCUT2D eigenvalue weighted by Gasteiger charge is -2.18. The smallest absolute Gasteiger partial charge is 0.278 e. The summed E-state index contributed by atoms with van der Waals surface area (Å²) >= 11 is 0. The highest BCUT2D eigenvalue weighted by molar-refractivity contribution is 5.81. The van der Waals surface area contributed by atoms with Crippen LogP contribution in [-0.2, 0) is 4.79 Å². The van der Waals surface area contributed by atoms with Gasteiger partial charge in [0.25, 0.3) is 5.88 Å². The number of nitrogens with zero attached hydrogens (tertiary/aromatic N) is 3. The molecule has 0 radical (unpaired) electrons. The second-order valence-corrected chi connectivity index (χ2v) is 3.93. The van der Waals surface area contributed by atoms with Crippen molar-refractivity contribution in [3.8, 4) is 5.88 Å². The van der Waals surface area contributed by atoms with Gasteiger partial charge in [-0.15, -0.1) is 0 Å². The molecule has 7 nitrogen and oxygen atoms in total. The van der Waals surface area contributed by atoms with Crippen LogP contribution in [0.25, 0.3) is 0 Å². The van der Waals surface area contributed by atoms with Gasteiger partial charge < -0.3 is 10.1 Å². The summed E-state index contributed by atoms with van der Waals surface area (Å²) in [5.74, 6) is 0.327. The lowest BCUT2D eigenvalue weighted by Crippen LogP contribution is -2.42. The molecule has 0 aromatic carbocycles. The van der Waals surface area contributed by atoms with Gasteiger partial charge in [0.2, 0.25) is 5.91 Å². The molecule has 17 heavy (non-hydrogen) atoms. The van der Waals surface area contributed by atoms with Crippen LogP contribution in [0.1, 0.15) is 12.6 Å². The van der Waals surface area contributed by atoms with E-state index in [0.717, 1.165) is 0 Å². The van der Waals surface area contributed by atoms with Crippen LogP contribution in [0.3, 0.4) is 0 Å². The lowest BCUT2D eigenvalue weighted by molar-refractivity contribution is -0.125. The lowest BCUT2D eigenvalue weighted by atomic mass is 10.3. The first kappa shape index (κ1) is 13.4. The van der Waals surface area contributed by atoms with Crippen molar-refractivity contribution in [2.24, 2.45) is 0 Å². The number of likely N-dealkylation sites (N-methyl/N-ethyl adjacent to an activating group) is 1. The number of rotatable bonds is 6. The Balaban J connectivity index is 2.21. The van der Waals surface area contributed by atoms with Crippen molar-refractivity contribution < 1.29 is 14.2 Å². The zero-order valence-electron chi connectivity index (χ0n) is 10.6. The molecule has 96 valence electrons. The Morgan fingerprint density at radius 3 is 2.76 bits per heavy atom. The molecular formula is C10H18N4O3. The van der Waals surface area contributed by atoms with E-state index in [1.54, 1.807) is 6.92 Å². The highest BCUT2D eigenvalue weighted by Gasteiger charge is 2.14. The summed E-state index contributed by atoms with van der Waals surface area (Å²) in [4.78, 5) is 13.4. The third kappa shape index (κ3) is 4.03. The topological polar surface area (TPSA) is 80.5 Å². The van der Waals surface area contributed by atoms with E-state index < -0.39 is 0 Å². The van der Waals surface area contributed by atoms with Gasteiger partial charge in [-0.05, 0) is 33.1 Å². The highest BCUT2D eigenvalue weighted by atomic mass is 16.6. The van der Waals surface area contributed by atoms with E-state index in [1.807, 2.05) is 25.9 Å². The maximum Gasteiger partial charge on any atom is 0.278 e. The van der Waals surface area contributed by atoms with Crippen molar-refractivity contribution in [3.05, 3.63) is 5.69 Å². The molecule has 1 rings (SSSR count). The number of carbonyl (C=O) groups excluding carboxylic acids is 1. The van der Waals surface area contributed by atoms with E-state index >= 15 is 0 Å². The van der Waals surface area contributed by atoms with E-state index in [1.165, 1.54) is 0 Å². The molecule has 0 saturated carbocycles. The summed E-state index contributed by atoms with van der Waals surface area (Å²) in [5, 5.41) is 9.90. The molecule has 1 atom stereocenters. The van der Waals surface area contributed by atoms with Crippen LogP contribution >= 0.6 is 0 Å². The first-order chi connectivity index (χ1) is 8.02. The Morgan fingerprint density at radius 1 is 1.53 bits per heavy atom. The summed E-state index contributed by atoms with van der Waals surface area (Å²) in [5.41, 5.74) is 0.595. The van der Waals surface area contributed by atoms with Gasteiger partial charge in [0.05, 0.1) is 12.6 Å². The molecule has 1 heterocycles. The molecule has 7 heteroatoms. The van der Waals surface area contributed by atoms with E-state index in [2.05, 4.69) is 20.3 Å². The second-order valence-electron chi connectivity index (χ2n) is 3.93. The van der Waals surface area contributed by atoms with Crippen LogP contribution < -0.4 is 10.1 Å². The Morgan fingerprint density at radius 2 is 2.24 bits per heavy atom. The van der Waals surface area contributed by atoms with Gasteiger partial charge in [0.15, 0.2) is 0 Å². The second kappa shape index (κ2) is 6.19. The largest absolute Gasteiger partial charge is 0.472 e. The third-order valence-corrected chi connectivity index (χ3v) is 2.41. The maximum atomic E-state index is 11.6. The van der Waals surface area contributed by atoms with E-state index in [-0.39, 0.29) is 11.9 Å². The van der Waals surface area contributed by atoms with Gasteiger partial charge in [-0.25, -0.2) is 4.63 Å².